The number of nitrogens with zero attached hydrogens (tertiary/aromatic N) is 1. The quantitative estimate of drug-likeness (QED) is 0.920. The molecule has 1 aromatic rings. The fourth-order valence-corrected chi connectivity index (χ4v) is 3.34. The van der Waals surface area contributed by atoms with Crippen LogP contribution in [0.2, 0.25) is 0 Å². The summed E-state index contributed by atoms with van der Waals surface area (Å²) in [7, 11) is 0. The monoisotopic (exact) mass is 319 g/mol. The van der Waals surface area contributed by atoms with Gasteiger partial charge in [0.2, 0.25) is 5.91 Å². The van der Waals surface area contributed by atoms with Crippen molar-refractivity contribution in [2.24, 2.45) is 0 Å². The molecular weight excluding hydrogens is 294 g/mol. The summed E-state index contributed by atoms with van der Waals surface area (Å²) in [5, 5.41) is 10.3. The lowest BCUT2D eigenvalue weighted by molar-refractivity contribution is -0.153. The van der Waals surface area contributed by atoms with Crippen LogP contribution in [0.15, 0.2) is 18.2 Å². The fourth-order valence-electron chi connectivity index (χ4n) is 3.34. The summed E-state index contributed by atoms with van der Waals surface area (Å²) in [5.74, 6) is 0.828. The predicted octanol–water partition coefficient (Wildman–Crippen LogP) is 1.85. The van der Waals surface area contributed by atoms with E-state index in [0.717, 1.165) is 29.7 Å². The molecule has 0 radical (unpaired) electrons. The van der Waals surface area contributed by atoms with Gasteiger partial charge in [0.1, 0.15) is 25.1 Å². The highest BCUT2D eigenvalue weighted by molar-refractivity contribution is 5.78. The Morgan fingerprint density at radius 2 is 2.26 bits per heavy atom. The van der Waals surface area contributed by atoms with Crippen LogP contribution in [-0.4, -0.2) is 47.8 Å². The molecule has 5 heteroatoms. The number of aryl methyl sites for hydroxylation is 1. The third-order valence-corrected chi connectivity index (χ3v) is 4.76. The van der Waals surface area contributed by atoms with Gasteiger partial charge in [-0.1, -0.05) is 6.07 Å². The van der Waals surface area contributed by atoms with E-state index in [1.54, 1.807) is 0 Å². The molecule has 1 saturated heterocycles. The molecule has 0 bridgehead atoms. The highest BCUT2D eigenvalue weighted by Crippen LogP contribution is 2.38. The first-order chi connectivity index (χ1) is 10.9. The zero-order valence-electron chi connectivity index (χ0n) is 14.0. The topological polar surface area (TPSA) is 59.0 Å². The zero-order valence-corrected chi connectivity index (χ0v) is 14.0. The highest BCUT2D eigenvalue weighted by atomic mass is 16.5. The number of carbonyl (C=O) groups excluding carboxylic acids is 1. The van der Waals surface area contributed by atoms with Crippen molar-refractivity contribution in [2.75, 3.05) is 19.8 Å². The van der Waals surface area contributed by atoms with Crippen molar-refractivity contribution in [1.29, 1.82) is 0 Å². The third-order valence-electron chi connectivity index (χ3n) is 4.76. The lowest BCUT2D eigenvalue weighted by atomic mass is 9.99. The van der Waals surface area contributed by atoms with Crippen LogP contribution in [-0.2, 0) is 21.6 Å². The number of ether oxygens (including phenoxy) is 2. The van der Waals surface area contributed by atoms with E-state index >= 15 is 0 Å². The molecule has 2 aliphatic rings. The Bertz CT molecular complexity index is 597. The molecule has 126 valence electrons. The van der Waals surface area contributed by atoms with Gasteiger partial charge in [-0.15, -0.1) is 0 Å². The van der Waals surface area contributed by atoms with E-state index in [1.807, 2.05) is 43.9 Å². The predicted molar refractivity (Wildman–Crippen MR) is 86.4 cm³/mol. The molecule has 1 aliphatic carbocycles. The number of aliphatic hydroxyl groups is 1. The van der Waals surface area contributed by atoms with E-state index < -0.39 is 5.60 Å². The van der Waals surface area contributed by atoms with Crippen molar-refractivity contribution >= 4 is 5.91 Å². The van der Waals surface area contributed by atoms with Gasteiger partial charge >= 0.3 is 0 Å². The van der Waals surface area contributed by atoms with E-state index in [-0.39, 0.29) is 24.7 Å². The molecular formula is C18H25NO4. The van der Waals surface area contributed by atoms with Gasteiger partial charge in [0, 0.05) is 6.04 Å². The van der Waals surface area contributed by atoms with E-state index in [9.17, 15) is 9.90 Å². The molecule has 1 amide bonds. The molecule has 1 heterocycles. The number of benzene rings is 1. The molecule has 2 atom stereocenters. The van der Waals surface area contributed by atoms with Crippen LogP contribution >= 0.6 is 0 Å². The van der Waals surface area contributed by atoms with Crippen molar-refractivity contribution in [3.8, 4) is 5.75 Å². The van der Waals surface area contributed by atoms with Gasteiger partial charge in [-0.2, -0.15) is 0 Å². The molecule has 5 nitrogen and oxygen atoms in total. The van der Waals surface area contributed by atoms with Gasteiger partial charge in [0.15, 0.2) is 0 Å². The molecule has 1 N–H and O–H groups in total. The Balaban J connectivity index is 1.60. The number of hydrogen-bond acceptors (Lipinski definition) is 4. The van der Waals surface area contributed by atoms with Crippen LogP contribution < -0.4 is 4.74 Å². The summed E-state index contributed by atoms with van der Waals surface area (Å²) < 4.78 is 11.4. The van der Waals surface area contributed by atoms with Crippen LogP contribution in [0, 0.1) is 0 Å². The molecule has 0 saturated carbocycles. The first-order valence-corrected chi connectivity index (χ1v) is 8.26. The van der Waals surface area contributed by atoms with Gasteiger partial charge < -0.3 is 19.5 Å². The van der Waals surface area contributed by atoms with E-state index in [1.165, 1.54) is 0 Å². The molecule has 0 spiro atoms. The standard InChI is InChI=1S/C18H25NO4/c1-12(2)19-9-15(23-11-17(19)20)10-22-14-4-5-16-13(8-14)6-7-18(16,3)21/h4-5,8,12,15,21H,6-7,9-11H2,1-3H3. The summed E-state index contributed by atoms with van der Waals surface area (Å²) in [6.07, 6.45) is 1.52. The van der Waals surface area contributed by atoms with Crippen molar-refractivity contribution in [3.63, 3.8) is 0 Å². The van der Waals surface area contributed by atoms with Crippen LogP contribution in [0.3, 0.4) is 0 Å². The Morgan fingerprint density at radius 3 is 3.00 bits per heavy atom. The molecule has 1 fully saturated rings. The fraction of sp³-hybridized carbons (Fsp3) is 0.611. The molecule has 1 aromatic carbocycles. The molecule has 23 heavy (non-hydrogen) atoms. The average Bonchev–Trinajstić information content (AvgIpc) is 2.81. The van der Waals surface area contributed by atoms with E-state index in [0.29, 0.717) is 13.2 Å². The van der Waals surface area contributed by atoms with Crippen molar-refractivity contribution in [2.45, 2.75) is 51.4 Å². The second-order valence-corrected chi connectivity index (χ2v) is 6.98. The number of rotatable bonds is 4. The normalized spacial score (nSPS) is 27.4. The summed E-state index contributed by atoms with van der Waals surface area (Å²) in [6.45, 7) is 6.98. The first kappa shape index (κ1) is 16.3. The van der Waals surface area contributed by atoms with Crippen molar-refractivity contribution < 1.29 is 19.4 Å². The number of morpholine rings is 1. The summed E-state index contributed by atoms with van der Waals surface area (Å²) in [4.78, 5) is 13.6. The smallest absolute Gasteiger partial charge is 0.248 e. The van der Waals surface area contributed by atoms with Gasteiger partial charge in [-0.05, 0) is 56.9 Å². The molecule has 0 aromatic heterocycles. The van der Waals surface area contributed by atoms with Gasteiger partial charge in [-0.3, -0.25) is 4.79 Å². The van der Waals surface area contributed by atoms with Crippen LogP contribution in [0.5, 0.6) is 5.75 Å². The second kappa shape index (κ2) is 6.13. The molecule has 2 unspecified atom stereocenters. The maximum Gasteiger partial charge on any atom is 0.248 e. The summed E-state index contributed by atoms with van der Waals surface area (Å²) >= 11 is 0. The summed E-state index contributed by atoms with van der Waals surface area (Å²) in [5.41, 5.74) is 1.42. The van der Waals surface area contributed by atoms with Gasteiger partial charge in [0.25, 0.3) is 0 Å². The zero-order chi connectivity index (χ0) is 16.6. The van der Waals surface area contributed by atoms with E-state index in [2.05, 4.69) is 0 Å². The van der Waals surface area contributed by atoms with E-state index in [4.69, 9.17) is 9.47 Å². The minimum Gasteiger partial charge on any atom is -0.491 e. The van der Waals surface area contributed by atoms with Crippen LogP contribution in [0.25, 0.3) is 0 Å². The number of amides is 1. The van der Waals surface area contributed by atoms with Crippen molar-refractivity contribution in [3.05, 3.63) is 29.3 Å². The number of fused-ring (bicyclic) bond motifs is 1. The molecule has 3 rings (SSSR count). The first-order valence-electron chi connectivity index (χ1n) is 8.26. The Hall–Kier alpha value is -1.59. The Morgan fingerprint density at radius 1 is 1.48 bits per heavy atom. The number of carbonyl (C=O) groups is 1. The largest absolute Gasteiger partial charge is 0.491 e. The lowest BCUT2D eigenvalue weighted by Crippen LogP contribution is -2.51. The van der Waals surface area contributed by atoms with Crippen LogP contribution in [0.4, 0.5) is 0 Å². The number of hydrogen-bond donors (Lipinski definition) is 1. The average molecular weight is 319 g/mol. The maximum atomic E-state index is 11.8. The Labute approximate surface area is 137 Å². The minimum atomic E-state index is -0.724. The molecule has 1 aliphatic heterocycles. The Kier molecular flexibility index (Phi) is 4.34. The van der Waals surface area contributed by atoms with Gasteiger partial charge in [-0.25, -0.2) is 0 Å². The SMILES string of the molecule is CC(C)N1CC(COc2ccc3c(c2)CCC3(C)O)OCC1=O. The maximum absolute atomic E-state index is 11.8. The lowest BCUT2D eigenvalue weighted by Gasteiger charge is -2.35. The third kappa shape index (κ3) is 3.35. The van der Waals surface area contributed by atoms with Crippen LogP contribution in [0.1, 0.15) is 38.3 Å². The second-order valence-electron chi connectivity index (χ2n) is 6.98. The van der Waals surface area contributed by atoms with Crippen molar-refractivity contribution in [1.82, 2.24) is 4.90 Å². The minimum absolute atomic E-state index is 0.0380. The van der Waals surface area contributed by atoms with Gasteiger partial charge in [0.05, 0.1) is 12.1 Å². The highest BCUT2D eigenvalue weighted by Gasteiger charge is 2.32. The summed E-state index contributed by atoms with van der Waals surface area (Å²) in [6, 6.07) is 6.03.